The van der Waals surface area contributed by atoms with Crippen molar-refractivity contribution in [2.45, 2.75) is 33.1 Å². The van der Waals surface area contributed by atoms with E-state index in [4.69, 9.17) is 9.72 Å². The van der Waals surface area contributed by atoms with Crippen molar-refractivity contribution in [1.29, 1.82) is 0 Å². The zero-order chi connectivity index (χ0) is 21.3. The van der Waals surface area contributed by atoms with E-state index in [1.54, 1.807) is 23.6 Å². The quantitative estimate of drug-likeness (QED) is 0.275. The van der Waals surface area contributed by atoms with E-state index in [0.717, 1.165) is 16.5 Å². The number of rotatable bonds is 7. The number of carbonyl (C=O) groups excluding carboxylic acids is 2. The Balaban J connectivity index is 1.76. The van der Waals surface area contributed by atoms with Crippen LogP contribution in [-0.4, -0.2) is 34.6 Å². The minimum atomic E-state index is -0.411. The van der Waals surface area contributed by atoms with Gasteiger partial charge in [0, 0.05) is 17.4 Å². The van der Waals surface area contributed by atoms with Gasteiger partial charge in [-0.15, -0.1) is 0 Å². The second kappa shape index (κ2) is 8.12. The molecule has 0 bridgehead atoms. The van der Waals surface area contributed by atoms with Crippen LogP contribution in [-0.2, 0) is 38.7 Å². The van der Waals surface area contributed by atoms with Crippen molar-refractivity contribution in [3.05, 3.63) is 57.4 Å². The van der Waals surface area contributed by atoms with Crippen LogP contribution in [0.2, 0.25) is 0 Å². The van der Waals surface area contributed by atoms with Gasteiger partial charge >= 0.3 is 13.5 Å². The van der Waals surface area contributed by atoms with Gasteiger partial charge in [0.25, 0.3) is 12.0 Å². The number of aliphatic hydroxyl groups excluding tert-OH is 1. The molecular formula is C21H18BN2O6. The van der Waals surface area contributed by atoms with Crippen molar-refractivity contribution in [3.8, 4) is 11.4 Å². The first-order chi connectivity index (χ1) is 14.5. The second-order valence-corrected chi connectivity index (χ2v) is 6.90. The van der Waals surface area contributed by atoms with Crippen molar-refractivity contribution in [1.82, 2.24) is 9.55 Å². The van der Waals surface area contributed by atoms with Gasteiger partial charge in [-0.25, -0.2) is 4.98 Å². The Kier molecular flexibility index (Phi) is 5.37. The molecule has 151 valence electrons. The van der Waals surface area contributed by atoms with E-state index in [9.17, 15) is 19.5 Å². The highest BCUT2D eigenvalue weighted by Gasteiger charge is 2.25. The highest BCUT2D eigenvalue weighted by Crippen LogP contribution is 2.32. The molecule has 3 aromatic rings. The Bertz CT molecular complexity index is 1220. The standard InChI is InChI=1S/C21H18BN2O6/c1-2-19(27)29-10-16-14(9-25)7-18-20-13(8-24(18)21(16)28)5-12-6-15(22-30-11-26)3-4-17(12)23-20/h3-7,11,25H,2,8-10H2,1H3. The van der Waals surface area contributed by atoms with Gasteiger partial charge in [0.05, 0.1) is 35.6 Å². The molecule has 0 saturated carbocycles. The van der Waals surface area contributed by atoms with Crippen LogP contribution in [0.1, 0.15) is 30.0 Å². The number of aliphatic hydroxyl groups is 1. The van der Waals surface area contributed by atoms with Crippen molar-refractivity contribution >= 4 is 36.3 Å². The summed E-state index contributed by atoms with van der Waals surface area (Å²) in [4.78, 5) is 39.6. The third kappa shape index (κ3) is 3.48. The van der Waals surface area contributed by atoms with Gasteiger partial charge in [0.1, 0.15) is 6.61 Å². The highest BCUT2D eigenvalue weighted by atomic mass is 16.5. The van der Waals surface area contributed by atoms with Gasteiger partial charge in [0.15, 0.2) is 0 Å². The molecule has 1 N–H and O–H groups in total. The molecule has 2 aromatic heterocycles. The van der Waals surface area contributed by atoms with Crippen LogP contribution >= 0.6 is 0 Å². The smallest absolute Gasteiger partial charge is 0.412 e. The monoisotopic (exact) mass is 405 g/mol. The number of ether oxygens (including phenoxy) is 1. The van der Waals surface area contributed by atoms with Crippen LogP contribution in [0.15, 0.2) is 35.1 Å². The molecule has 0 amide bonds. The van der Waals surface area contributed by atoms with Crippen molar-refractivity contribution in [3.63, 3.8) is 0 Å². The fraction of sp³-hybridized carbons (Fsp3) is 0.238. The molecule has 0 atom stereocenters. The molecule has 3 heterocycles. The molecule has 1 aromatic carbocycles. The molecule has 1 radical (unpaired) electrons. The second-order valence-electron chi connectivity index (χ2n) is 6.90. The van der Waals surface area contributed by atoms with E-state index in [-0.39, 0.29) is 30.8 Å². The van der Waals surface area contributed by atoms with Crippen LogP contribution in [0.5, 0.6) is 0 Å². The number of esters is 1. The molecule has 1 aliphatic rings. The molecule has 0 unspecified atom stereocenters. The summed E-state index contributed by atoms with van der Waals surface area (Å²) in [6, 6.07) is 9.09. The number of pyridine rings is 2. The minimum Gasteiger partial charge on any atom is -0.535 e. The lowest BCUT2D eigenvalue weighted by atomic mass is 9.87. The average Bonchev–Trinajstić information content (AvgIpc) is 3.12. The maximum absolute atomic E-state index is 13.1. The zero-order valence-electron chi connectivity index (χ0n) is 16.3. The van der Waals surface area contributed by atoms with E-state index in [2.05, 4.69) is 4.65 Å². The first-order valence-electron chi connectivity index (χ1n) is 9.44. The van der Waals surface area contributed by atoms with Crippen molar-refractivity contribution < 1.29 is 24.1 Å². The van der Waals surface area contributed by atoms with Crippen LogP contribution < -0.4 is 11.0 Å². The van der Waals surface area contributed by atoms with E-state index in [0.29, 0.717) is 35.4 Å². The zero-order valence-corrected chi connectivity index (χ0v) is 16.3. The Labute approximate surface area is 172 Å². The lowest BCUT2D eigenvalue weighted by Gasteiger charge is -2.12. The lowest BCUT2D eigenvalue weighted by molar-refractivity contribution is -0.144. The molecular weight excluding hydrogens is 387 g/mol. The molecule has 1 aliphatic heterocycles. The van der Waals surface area contributed by atoms with Crippen LogP contribution in [0.4, 0.5) is 0 Å². The van der Waals surface area contributed by atoms with Gasteiger partial charge in [-0.3, -0.25) is 14.4 Å². The van der Waals surface area contributed by atoms with Gasteiger partial charge in [-0.1, -0.05) is 19.1 Å². The van der Waals surface area contributed by atoms with Gasteiger partial charge in [-0.05, 0) is 29.2 Å². The third-order valence-electron chi connectivity index (χ3n) is 5.08. The lowest BCUT2D eigenvalue weighted by Crippen LogP contribution is -2.26. The normalized spacial score (nSPS) is 11.7. The largest absolute Gasteiger partial charge is 0.535 e. The van der Waals surface area contributed by atoms with Crippen LogP contribution in [0.25, 0.3) is 22.3 Å². The molecule has 0 spiro atoms. The maximum Gasteiger partial charge on any atom is 0.412 e. The third-order valence-corrected chi connectivity index (χ3v) is 5.08. The van der Waals surface area contributed by atoms with E-state index in [1.165, 1.54) is 7.48 Å². The van der Waals surface area contributed by atoms with Gasteiger partial charge in [0.2, 0.25) is 0 Å². The number of hydrogen-bond donors (Lipinski definition) is 1. The summed E-state index contributed by atoms with van der Waals surface area (Å²) in [7, 11) is 1.34. The number of hydrogen-bond acceptors (Lipinski definition) is 7. The fourth-order valence-corrected chi connectivity index (χ4v) is 3.57. The predicted molar refractivity (Wildman–Crippen MR) is 109 cm³/mol. The molecule has 4 rings (SSSR count). The maximum atomic E-state index is 13.1. The minimum absolute atomic E-state index is 0.177. The van der Waals surface area contributed by atoms with Gasteiger partial charge in [-0.2, -0.15) is 0 Å². The first-order valence-corrected chi connectivity index (χ1v) is 9.44. The van der Waals surface area contributed by atoms with Crippen LogP contribution in [0, 0.1) is 0 Å². The summed E-state index contributed by atoms with van der Waals surface area (Å²) in [5.74, 6) is -0.411. The summed E-state index contributed by atoms with van der Waals surface area (Å²) < 4.78 is 11.4. The topological polar surface area (TPSA) is 108 Å². The SMILES string of the molecule is CCC(=O)OCc1c(CO)cc2n(c1=O)Cc1cc3cc([B]OC=O)ccc3nc1-2. The number of fused-ring (bicyclic) bond motifs is 4. The van der Waals surface area contributed by atoms with Crippen molar-refractivity contribution in [2.24, 2.45) is 0 Å². The number of carbonyl (C=O) groups is 2. The Morgan fingerprint density at radius 2 is 2.17 bits per heavy atom. The number of aromatic nitrogens is 2. The fourth-order valence-electron chi connectivity index (χ4n) is 3.57. The summed E-state index contributed by atoms with van der Waals surface area (Å²) >= 11 is 0. The molecule has 30 heavy (non-hydrogen) atoms. The molecule has 0 aliphatic carbocycles. The number of benzene rings is 1. The highest BCUT2D eigenvalue weighted by molar-refractivity contribution is 6.48. The molecule has 8 nitrogen and oxygen atoms in total. The summed E-state index contributed by atoms with van der Waals surface area (Å²) in [5.41, 5.74) is 3.97. The van der Waals surface area contributed by atoms with E-state index < -0.39 is 5.97 Å². The molecule has 9 heteroatoms. The predicted octanol–water partition coefficient (Wildman–Crippen LogP) is 0.788. The van der Waals surface area contributed by atoms with E-state index in [1.807, 2.05) is 18.2 Å². The molecule has 0 fully saturated rings. The summed E-state index contributed by atoms with van der Waals surface area (Å²) in [6.45, 7) is 1.82. The summed E-state index contributed by atoms with van der Waals surface area (Å²) in [6.07, 6.45) is 0.208. The Morgan fingerprint density at radius 3 is 2.90 bits per heavy atom. The van der Waals surface area contributed by atoms with Gasteiger partial charge < -0.3 is 19.1 Å². The molecule has 0 saturated heterocycles. The first kappa shape index (κ1) is 19.8. The number of nitrogens with zero attached hydrogens (tertiary/aromatic N) is 2. The Hall–Kier alpha value is -3.46. The van der Waals surface area contributed by atoms with E-state index >= 15 is 0 Å². The average molecular weight is 405 g/mol. The van der Waals surface area contributed by atoms with Crippen molar-refractivity contribution in [2.75, 3.05) is 0 Å². The van der Waals surface area contributed by atoms with Crippen LogP contribution in [0.3, 0.4) is 0 Å². The Morgan fingerprint density at radius 1 is 1.33 bits per heavy atom. The summed E-state index contributed by atoms with van der Waals surface area (Å²) in [5, 5.41) is 10.6.